The minimum absolute atomic E-state index is 0.940. The number of rotatable bonds is 0. The average Bonchev–Trinajstić information content (AvgIpc) is 1.73. The van der Waals surface area contributed by atoms with Crippen LogP contribution in [0.4, 0.5) is 0 Å². The normalized spacial score (nSPS) is 4.71. The molecule has 0 saturated carbocycles. The van der Waals surface area contributed by atoms with E-state index in [1.165, 1.54) is 6.07 Å². The van der Waals surface area contributed by atoms with Crippen molar-refractivity contribution >= 4 is 5.91 Å². The van der Waals surface area contributed by atoms with Crippen molar-refractivity contribution in [1.29, 1.82) is 5.26 Å². The van der Waals surface area contributed by atoms with Crippen molar-refractivity contribution < 1.29 is 4.79 Å². The Morgan fingerprint density at radius 1 is 1.57 bits per heavy atom. The van der Waals surface area contributed by atoms with Crippen LogP contribution < -0.4 is 17.4 Å². The van der Waals surface area contributed by atoms with E-state index in [9.17, 15) is 4.79 Å². The number of primary amides is 1. The second kappa shape index (κ2) is 8.86. The third-order valence-electron chi connectivity index (χ3n) is 0.110. The molecule has 0 aliphatic heterocycles. The van der Waals surface area contributed by atoms with Gasteiger partial charge in [-0.05, 0) is 0 Å². The van der Waals surface area contributed by atoms with Crippen molar-refractivity contribution in [1.82, 2.24) is 0 Å². The molecule has 0 aromatic carbocycles. The van der Waals surface area contributed by atoms with Crippen molar-refractivity contribution in [2.24, 2.45) is 17.4 Å². The molecular formula is C2H6N4O. The molecule has 0 heterocycles. The fraction of sp³-hybridized carbons (Fsp3) is 0. The number of carbonyl (C=O) groups excluding carboxylic acids is 1. The SMILES string of the molecule is N#CC(N)=O.NN. The van der Waals surface area contributed by atoms with Crippen LogP contribution >= 0.6 is 0 Å². The molecule has 0 unspecified atom stereocenters. The number of hydrogen-bond donors (Lipinski definition) is 3. The minimum atomic E-state index is -0.940. The number of nitriles is 1. The van der Waals surface area contributed by atoms with E-state index < -0.39 is 5.91 Å². The first-order valence-corrected chi connectivity index (χ1v) is 1.30. The van der Waals surface area contributed by atoms with E-state index in [-0.39, 0.29) is 0 Å². The fourth-order valence-corrected chi connectivity index (χ4v) is 0. The van der Waals surface area contributed by atoms with E-state index in [1.54, 1.807) is 0 Å². The summed E-state index contributed by atoms with van der Waals surface area (Å²) in [6.07, 6.45) is 0. The zero-order valence-electron chi connectivity index (χ0n) is 3.59. The Kier molecular flexibility index (Phi) is 11.8. The van der Waals surface area contributed by atoms with Gasteiger partial charge in [0.25, 0.3) is 0 Å². The zero-order chi connectivity index (χ0) is 6.28. The lowest BCUT2D eigenvalue weighted by Crippen LogP contribution is -2.05. The molecule has 0 fully saturated rings. The smallest absolute Gasteiger partial charge is 0.319 e. The maximum Gasteiger partial charge on any atom is 0.319 e. The number of hydrogen-bond acceptors (Lipinski definition) is 4. The lowest BCUT2D eigenvalue weighted by atomic mass is 10.7. The predicted molar refractivity (Wildman–Crippen MR) is 23.2 cm³/mol. The second-order valence-corrected chi connectivity index (χ2v) is 0.476. The quantitative estimate of drug-likeness (QED) is 0.183. The summed E-state index contributed by atoms with van der Waals surface area (Å²) in [5.41, 5.74) is 4.29. The molecule has 5 nitrogen and oxygen atoms in total. The Morgan fingerprint density at radius 2 is 1.71 bits per heavy atom. The van der Waals surface area contributed by atoms with E-state index in [2.05, 4.69) is 17.4 Å². The number of hydrazine groups is 1. The molecule has 0 rings (SSSR count). The van der Waals surface area contributed by atoms with Gasteiger partial charge in [-0.2, -0.15) is 5.26 Å². The zero-order valence-corrected chi connectivity index (χ0v) is 3.59. The van der Waals surface area contributed by atoms with Gasteiger partial charge in [0.05, 0.1) is 0 Å². The largest absolute Gasteiger partial charge is 0.357 e. The van der Waals surface area contributed by atoms with Crippen molar-refractivity contribution in [2.45, 2.75) is 0 Å². The first-order valence-electron chi connectivity index (χ1n) is 1.30. The monoisotopic (exact) mass is 102 g/mol. The van der Waals surface area contributed by atoms with Gasteiger partial charge in [0.1, 0.15) is 0 Å². The average molecular weight is 102 g/mol. The van der Waals surface area contributed by atoms with Crippen molar-refractivity contribution in [3.05, 3.63) is 0 Å². The van der Waals surface area contributed by atoms with Crippen molar-refractivity contribution in [2.75, 3.05) is 0 Å². The van der Waals surface area contributed by atoms with Gasteiger partial charge < -0.3 is 5.73 Å². The number of carbonyl (C=O) groups is 1. The van der Waals surface area contributed by atoms with Gasteiger partial charge in [0, 0.05) is 0 Å². The summed E-state index contributed by atoms with van der Waals surface area (Å²) in [4.78, 5) is 9.23. The highest BCUT2D eigenvalue weighted by Gasteiger charge is 1.75. The van der Waals surface area contributed by atoms with Crippen molar-refractivity contribution in [3.63, 3.8) is 0 Å². The Bertz CT molecular complexity index is 82.2. The summed E-state index contributed by atoms with van der Waals surface area (Å²) >= 11 is 0. The van der Waals surface area contributed by atoms with Gasteiger partial charge in [-0.15, -0.1) is 0 Å². The highest BCUT2D eigenvalue weighted by Crippen LogP contribution is 1.37. The molecule has 0 radical (unpaired) electrons. The van der Waals surface area contributed by atoms with Gasteiger partial charge in [-0.25, -0.2) is 0 Å². The van der Waals surface area contributed by atoms with Crippen LogP contribution in [0.5, 0.6) is 0 Å². The maximum absolute atomic E-state index is 9.23. The molecule has 0 aromatic heterocycles. The molecule has 1 amide bonds. The molecule has 6 N–H and O–H groups in total. The Hall–Kier alpha value is -1.12. The third-order valence-corrected chi connectivity index (χ3v) is 0.110. The summed E-state index contributed by atoms with van der Waals surface area (Å²) in [7, 11) is 0. The first kappa shape index (κ1) is 9.30. The van der Waals surface area contributed by atoms with Gasteiger partial charge in [-0.3, -0.25) is 16.5 Å². The fourth-order valence-electron chi connectivity index (χ4n) is 0. The molecule has 0 spiro atoms. The van der Waals surface area contributed by atoms with Crippen LogP contribution in [-0.4, -0.2) is 5.91 Å². The van der Waals surface area contributed by atoms with Crippen molar-refractivity contribution in [3.8, 4) is 6.07 Å². The van der Waals surface area contributed by atoms with Gasteiger partial charge >= 0.3 is 5.91 Å². The standard InChI is InChI=1S/C2H2N2O.H4N2/c3-1-2(4)5;1-2/h(H2,4,5);1-2H2. The summed E-state index contributed by atoms with van der Waals surface area (Å²) < 4.78 is 0. The van der Waals surface area contributed by atoms with Crippen LogP contribution in [0.15, 0.2) is 0 Å². The molecule has 0 atom stereocenters. The summed E-state index contributed by atoms with van der Waals surface area (Å²) in [6.45, 7) is 0. The molecule has 0 aliphatic rings. The van der Waals surface area contributed by atoms with Gasteiger partial charge in [0.2, 0.25) is 0 Å². The topological polar surface area (TPSA) is 119 Å². The van der Waals surface area contributed by atoms with E-state index >= 15 is 0 Å². The lowest BCUT2D eigenvalue weighted by molar-refractivity contribution is -0.113. The second-order valence-electron chi connectivity index (χ2n) is 0.476. The number of nitrogens with zero attached hydrogens (tertiary/aromatic N) is 1. The van der Waals surface area contributed by atoms with Crippen LogP contribution in [0, 0.1) is 11.3 Å². The van der Waals surface area contributed by atoms with E-state index in [0.29, 0.717) is 0 Å². The summed E-state index contributed by atoms with van der Waals surface area (Å²) in [5.74, 6) is 7.06. The summed E-state index contributed by atoms with van der Waals surface area (Å²) in [5, 5.41) is 7.42. The van der Waals surface area contributed by atoms with E-state index in [0.717, 1.165) is 0 Å². The van der Waals surface area contributed by atoms with Gasteiger partial charge in [-0.1, -0.05) is 0 Å². The predicted octanol–water partition coefficient (Wildman–Crippen LogP) is -2.19. The first-order chi connectivity index (χ1) is 3.27. The number of nitrogens with two attached hydrogens (primary N) is 3. The number of amides is 1. The Balaban J connectivity index is 0. The lowest BCUT2D eigenvalue weighted by Gasteiger charge is -1.56. The molecule has 5 heteroatoms. The summed E-state index contributed by atoms with van der Waals surface area (Å²) in [6, 6.07) is 1.17. The minimum Gasteiger partial charge on any atom is -0.357 e. The Morgan fingerprint density at radius 3 is 1.71 bits per heavy atom. The molecule has 0 bridgehead atoms. The Labute approximate surface area is 40.7 Å². The van der Waals surface area contributed by atoms with Crippen LogP contribution in [0.1, 0.15) is 0 Å². The molecule has 7 heavy (non-hydrogen) atoms. The highest BCUT2D eigenvalue weighted by molar-refractivity contribution is 5.89. The van der Waals surface area contributed by atoms with Gasteiger partial charge in [0.15, 0.2) is 6.07 Å². The van der Waals surface area contributed by atoms with Crippen LogP contribution in [0.25, 0.3) is 0 Å². The molecular weight excluding hydrogens is 96.0 g/mol. The molecule has 0 aromatic rings. The van der Waals surface area contributed by atoms with E-state index in [4.69, 9.17) is 5.26 Å². The van der Waals surface area contributed by atoms with Crippen LogP contribution in [-0.2, 0) is 4.79 Å². The van der Waals surface area contributed by atoms with E-state index in [1.807, 2.05) is 0 Å². The van der Waals surface area contributed by atoms with Crippen LogP contribution in [0.3, 0.4) is 0 Å². The molecule has 0 saturated heterocycles. The molecule has 40 valence electrons. The highest BCUT2D eigenvalue weighted by atomic mass is 16.1. The molecule has 0 aliphatic carbocycles. The maximum atomic E-state index is 9.23. The van der Waals surface area contributed by atoms with Crippen LogP contribution in [0.2, 0.25) is 0 Å². The third kappa shape index (κ3) is 52.3.